The number of hydrogen-bond donors (Lipinski definition) is 4. The van der Waals surface area contributed by atoms with Crippen molar-refractivity contribution in [1.29, 1.82) is 0 Å². The number of furan rings is 1. The summed E-state index contributed by atoms with van der Waals surface area (Å²) in [6, 6.07) is 12.1. The number of aliphatic hydroxyl groups excluding tert-OH is 1. The lowest BCUT2D eigenvalue weighted by Gasteiger charge is -2.13. The maximum Gasteiger partial charge on any atom is 0.316 e. The fraction of sp³-hybridized carbons (Fsp3) is 0.160. The molecule has 0 spiro atoms. The lowest BCUT2D eigenvalue weighted by Crippen LogP contribution is -2.31. The van der Waals surface area contributed by atoms with Crippen LogP contribution in [-0.4, -0.2) is 41.2 Å². The van der Waals surface area contributed by atoms with Crippen LogP contribution >= 0.6 is 23.2 Å². The van der Waals surface area contributed by atoms with Gasteiger partial charge in [-0.25, -0.2) is 4.79 Å². The number of hydrogen-bond acceptors (Lipinski definition) is 7. The van der Waals surface area contributed by atoms with Gasteiger partial charge in [0.2, 0.25) is 5.78 Å². The van der Waals surface area contributed by atoms with E-state index in [-0.39, 0.29) is 34.2 Å². The Bertz CT molecular complexity index is 1390. The van der Waals surface area contributed by atoms with Crippen LogP contribution in [0.5, 0.6) is 5.75 Å². The van der Waals surface area contributed by atoms with Crippen LogP contribution in [0.1, 0.15) is 21.7 Å². The fourth-order valence-electron chi connectivity index (χ4n) is 3.50. The summed E-state index contributed by atoms with van der Waals surface area (Å²) >= 11 is 12.2. The molecule has 11 heteroatoms. The Balaban J connectivity index is 1.49. The molecule has 0 unspecified atom stereocenters. The Morgan fingerprint density at radius 1 is 1.17 bits per heavy atom. The highest BCUT2D eigenvalue weighted by atomic mass is 35.5. The number of urea groups is 1. The molecule has 5 N–H and O–H groups in total. The molecule has 0 aliphatic rings. The number of nitrogens with zero attached hydrogens (tertiary/aromatic N) is 1. The molecular weight excluding hydrogens is 507 g/mol. The lowest BCUT2D eigenvalue weighted by molar-refractivity contribution is 0.101. The maximum absolute atomic E-state index is 13.2. The predicted molar refractivity (Wildman–Crippen MR) is 137 cm³/mol. The molecule has 0 aliphatic carbocycles. The van der Waals surface area contributed by atoms with Crippen molar-refractivity contribution in [3.05, 3.63) is 87.9 Å². The number of primary amides is 1. The summed E-state index contributed by atoms with van der Waals surface area (Å²) in [6.45, 7) is 0.887. The molecule has 2 aromatic carbocycles. The molecule has 0 aliphatic heterocycles. The molecule has 0 radical (unpaired) electrons. The third kappa shape index (κ3) is 6.13. The second-order valence-electron chi connectivity index (χ2n) is 7.86. The van der Waals surface area contributed by atoms with Gasteiger partial charge < -0.3 is 30.6 Å². The molecule has 4 rings (SSSR count). The molecule has 36 heavy (non-hydrogen) atoms. The van der Waals surface area contributed by atoms with Crippen molar-refractivity contribution in [2.24, 2.45) is 5.73 Å². The molecule has 186 valence electrons. The lowest BCUT2D eigenvalue weighted by atomic mass is 10.1. The van der Waals surface area contributed by atoms with Gasteiger partial charge in [-0.3, -0.25) is 9.78 Å². The van der Waals surface area contributed by atoms with Crippen LogP contribution in [0.15, 0.2) is 65.3 Å². The van der Waals surface area contributed by atoms with Crippen molar-refractivity contribution in [2.45, 2.75) is 12.6 Å². The van der Waals surface area contributed by atoms with Crippen LogP contribution in [0, 0.1) is 0 Å². The van der Waals surface area contributed by atoms with Gasteiger partial charge in [0.1, 0.15) is 29.7 Å². The van der Waals surface area contributed by atoms with Gasteiger partial charge >= 0.3 is 6.03 Å². The van der Waals surface area contributed by atoms with Crippen molar-refractivity contribution in [2.75, 3.05) is 18.5 Å². The minimum absolute atomic E-state index is 0.0164. The van der Waals surface area contributed by atoms with Gasteiger partial charge in [0.25, 0.3) is 0 Å². The molecule has 4 aromatic rings. The van der Waals surface area contributed by atoms with Crippen LogP contribution in [0.3, 0.4) is 0 Å². The van der Waals surface area contributed by atoms with E-state index in [9.17, 15) is 14.7 Å². The Kier molecular flexibility index (Phi) is 8.07. The predicted octanol–water partition coefficient (Wildman–Crippen LogP) is 4.39. The normalized spacial score (nSPS) is 11.9. The standard InChI is InChI=1S/C25H22Cl2N4O5/c26-15-3-6-20(27)19(8-15)23(33)24-22(31-25(28)34)18-5-4-17(9-21(18)36-24)35-13-16(32)12-30-11-14-2-1-7-29-10-14/h1-10,16,30,32H,11-13H2,(H3,28,31,34)/t16-/m0/s1. The van der Waals surface area contributed by atoms with Crippen molar-refractivity contribution in [3.8, 4) is 5.75 Å². The van der Waals surface area contributed by atoms with Crippen molar-refractivity contribution < 1.29 is 23.8 Å². The van der Waals surface area contributed by atoms with E-state index in [4.69, 9.17) is 38.1 Å². The summed E-state index contributed by atoms with van der Waals surface area (Å²) in [6.07, 6.45) is 2.67. The third-order valence-electron chi connectivity index (χ3n) is 5.16. The number of aromatic nitrogens is 1. The van der Waals surface area contributed by atoms with Crippen molar-refractivity contribution >= 4 is 51.7 Å². The Morgan fingerprint density at radius 2 is 2.00 bits per heavy atom. The number of halogens is 2. The van der Waals surface area contributed by atoms with E-state index in [1.165, 1.54) is 12.1 Å². The van der Waals surface area contributed by atoms with Gasteiger partial charge in [-0.1, -0.05) is 29.3 Å². The number of ketones is 1. The number of anilines is 1. The number of rotatable bonds is 10. The number of carbonyl (C=O) groups is 2. The molecule has 2 heterocycles. The first-order valence-corrected chi connectivity index (χ1v) is 11.6. The average molecular weight is 529 g/mol. The second-order valence-corrected chi connectivity index (χ2v) is 8.71. The van der Waals surface area contributed by atoms with E-state index in [1.807, 2.05) is 12.1 Å². The number of nitrogens with one attached hydrogen (secondary N) is 2. The zero-order valence-electron chi connectivity index (χ0n) is 18.8. The van der Waals surface area contributed by atoms with Gasteiger partial charge in [-0.05, 0) is 42.0 Å². The minimum Gasteiger partial charge on any atom is -0.491 e. The maximum atomic E-state index is 13.2. The van der Waals surface area contributed by atoms with Gasteiger partial charge in [-0.2, -0.15) is 0 Å². The van der Waals surface area contributed by atoms with Gasteiger partial charge in [0.15, 0.2) is 5.76 Å². The highest BCUT2D eigenvalue weighted by Gasteiger charge is 2.25. The first-order chi connectivity index (χ1) is 17.3. The molecule has 0 saturated heterocycles. The number of aliphatic hydroxyl groups is 1. The summed E-state index contributed by atoms with van der Waals surface area (Å²) in [4.78, 5) is 28.8. The van der Waals surface area contributed by atoms with Gasteiger partial charge in [0, 0.05) is 47.5 Å². The number of ether oxygens (including phenoxy) is 1. The van der Waals surface area contributed by atoms with Crippen LogP contribution in [-0.2, 0) is 6.54 Å². The molecule has 9 nitrogen and oxygen atoms in total. The first kappa shape index (κ1) is 25.5. The Hall–Kier alpha value is -3.63. The Labute approximate surface area is 216 Å². The van der Waals surface area contributed by atoms with Crippen molar-refractivity contribution in [1.82, 2.24) is 10.3 Å². The molecule has 0 saturated carbocycles. The highest BCUT2D eigenvalue weighted by Crippen LogP contribution is 2.36. The van der Waals surface area contributed by atoms with E-state index in [2.05, 4.69) is 15.6 Å². The average Bonchev–Trinajstić information content (AvgIpc) is 3.21. The van der Waals surface area contributed by atoms with Gasteiger partial charge in [-0.15, -0.1) is 0 Å². The van der Waals surface area contributed by atoms with Crippen LogP contribution in [0.25, 0.3) is 11.0 Å². The largest absolute Gasteiger partial charge is 0.491 e. The molecule has 0 fully saturated rings. The topological polar surface area (TPSA) is 140 Å². The van der Waals surface area contributed by atoms with Gasteiger partial charge in [0.05, 0.1) is 5.02 Å². The van der Waals surface area contributed by atoms with E-state index >= 15 is 0 Å². The molecule has 2 aromatic heterocycles. The zero-order valence-corrected chi connectivity index (χ0v) is 20.3. The van der Waals surface area contributed by atoms with E-state index in [0.29, 0.717) is 29.2 Å². The molecule has 2 amide bonds. The molecule has 1 atom stereocenters. The monoisotopic (exact) mass is 528 g/mol. The van der Waals surface area contributed by atoms with E-state index in [0.717, 1.165) is 5.56 Å². The van der Waals surface area contributed by atoms with Crippen LogP contribution in [0.2, 0.25) is 10.0 Å². The van der Waals surface area contributed by atoms with Crippen molar-refractivity contribution in [3.63, 3.8) is 0 Å². The highest BCUT2D eigenvalue weighted by molar-refractivity contribution is 6.37. The second kappa shape index (κ2) is 11.4. The molecule has 0 bridgehead atoms. The van der Waals surface area contributed by atoms with Crippen LogP contribution in [0.4, 0.5) is 10.5 Å². The summed E-state index contributed by atoms with van der Waals surface area (Å²) < 4.78 is 11.5. The number of fused-ring (bicyclic) bond motifs is 1. The number of pyridine rings is 1. The first-order valence-electron chi connectivity index (χ1n) is 10.8. The Morgan fingerprint density at radius 3 is 2.75 bits per heavy atom. The van der Waals surface area contributed by atoms with E-state index in [1.54, 1.807) is 36.7 Å². The number of benzene rings is 2. The number of nitrogens with two attached hydrogens (primary N) is 1. The summed E-state index contributed by atoms with van der Waals surface area (Å²) in [5.41, 5.74) is 6.78. The number of amides is 2. The smallest absolute Gasteiger partial charge is 0.316 e. The molecular formula is C25H22Cl2N4O5. The van der Waals surface area contributed by atoms with E-state index < -0.39 is 17.9 Å². The summed E-state index contributed by atoms with van der Waals surface area (Å²) in [5.74, 6) is -0.349. The summed E-state index contributed by atoms with van der Waals surface area (Å²) in [5, 5.41) is 16.7. The third-order valence-corrected chi connectivity index (χ3v) is 5.73. The SMILES string of the molecule is NC(=O)Nc1c(C(=O)c2cc(Cl)ccc2Cl)oc2cc(OC[C@@H](O)CNCc3cccnc3)ccc12. The van der Waals surface area contributed by atoms with Crippen LogP contribution < -0.4 is 21.1 Å². The number of carbonyl (C=O) groups excluding carboxylic acids is 2. The minimum atomic E-state index is -0.869. The zero-order chi connectivity index (χ0) is 25.7. The quantitative estimate of drug-likeness (QED) is 0.224. The fourth-order valence-corrected chi connectivity index (χ4v) is 3.88. The summed E-state index contributed by atoms with van der Waals surface area (Å²) in [7, 11) is 0.